The molecule has 0 saturated carbocycles. The highest BCUT2D eigenvalue weighted by Gasteiger charge is 2.17. The zero-order valence-corrected chi connectivity index (χ0v) is 14.9. The van der Waals surface area contributed by atoms with E-state index in [2.05, 4.69) is 4.90 Å². The molecule has 0 spiro atoms. The molecule has 2 aromatic rings. The Bertz CT molecular complexity index is 690. The number of halogens is 2. The van der Waals surface area contributed by atoms with Gasteiger partial charge in [0.05, 0.1) is 11.1 Å². The topological polar surface area (TPSA) is 32.7 Å². The van der Waals surface area contributed by atoms with Crippen molar-refractivity contribution in [2.75, 3.05) is 13.1 Å². The van der Waals surface area contributed by atoms with Crippen LogP contribution >= 0.6 is 11.6 Å². The molecule has 0 unspecified atom stereocenters. The highest BCUT2D eigenvalue weighted by atomic mass is 35.5. The lowest BCUT2D eigenvalue weighted by Crippen LogP contribution is -2.25. The third kappa shape index (κ3) is 4.94. The SMILES string of the molecule is O[C@@H]1CCCN(Cc2ccccc2OCc2c(F)cccc2Cl)CC1. The van der Waals surface area contributed by atoms with Gasteiger partial charge in [0.25, 0.3) is 0 Å². The van der Waals surface area contributed by atoms with E-state index >= 15 is 0 Å². The Morgan fingerprint density at radius 2 is 1.96 bits per heavy atom. The van der Waals surface area contributed by atoms with Crippen LogP contribution < -0.4 is 4.74 Å². The minimum absolute atomic E-state index is 0.0984. The van der Waals surface area contributed by atoms with Crippen molar-refractivity contribution in [2.45, 2.75) is 38.5 Å². The quantitative estimate of drug-likeness (QED) is 0.854. The van der Waals surface area contributed by atoms with Gasteiger partial charge in [-0.2, -0.15) is 0 Å². The number of para-hydroxylation sites is 1. The van der Waals surface area contributed by atoms with Crippen molar-refractivity contribution in [3.63, 3.8) is 0 Å². The molecule has 0 bridgehead atoms. The summed E-state index contributed by atoms with van der Waals surface area (Å²) in [6.45, 7) is 2.69. The zero-order chi connectivity index (χ0) is 17.6. The third-order valence-corrected chi connectivity index (χ3v) is 4.94. The Morgan fingerprint density at radius 1 is 1.12 bits per heavy atom. The van der Waals surface area contributed by atoms with Gasteiger partial charge in [-0.3, -0.25) is 4.90 Å². The van der Waals surface area contributed by atoms with Crippen molar-refractivity contribution in [3.8, 4) is 5.75 Å². The highest BCUT2D eigenvalue weighted by molar-refractivity contribution is 6.31. The van der Waals surface area contributed by atoms with Gasteiger partial charge in [-0.15, -0.1) is 0 Å². The summed E-state index contributed by atoms with van der Waals surface area (Å²) in [7, 11) is 0. The van der Waals surface area contributed by atoms with E-state index in [-0.39, 0.29) is 18.5 Å². The summed E-state index contributed by atoms with van der Waals surface area (Å²) in [5, 5.41) is 10.2. The standard InChI is InChI=1S/C20H23ClFNO2/c21-18-7-3-8-19(22)17(18)14-25-20-9-2-1-5-15(20)13-23-11-4-6-16(24)10-12-23/h1-3,5,7-9,16,24H,4,6,10-14H2/t16-/m1/s1. The maximum atomic E-state index is 13.9. The van der Waals surface area contributed by atoms with E-state index in [9.17, 15) is 9.50 Å². The van der Waals surface area contributed by atoms with Crippen molar-refractivity contribution in [1.82, 2.24) is 4.90 Å². The molecule has 0 aliphatic carbocycles. The molecule has 0 aromatic heterocycles. The monoisotopic (exact) mass is 363 g/mol. The number of likely N-dealkylation sites (tertiary alicyclic amines) is 1. The van der Waals surface area contributed by atoms with Gasteiger partial charge in [-0.1, -0.05) is 35.9 Å². The molecule has 1 saturated heterocycles. The number of benzene rings is 2. The molecule has 0 amide bonds. The van der Waals surface area contributed by atoms with Crippen LogP contribution in [0.15, 0.2) is 42.5 Å². The van der Waals surface area contributed by atoms with Crippen LogP contribution in [0.5, 0.6) is 5.75 Å². The normalized spacial score (nSPS) is 18.8. The Morgan fingerprint density at radius 3 is 2.80 bits per heavy atom. The first-order chi connectivity index (χ1) is 12.1. The van der Waals surface area contributed by atoms with Gasteiger partial charge in [-0.25, -0.2) is 4.39 Å². The van der Waals surface area contributed by atoms with E-state index in [1.165, 1.54) is 6.07 Å². The fourth-order valence-electron chi connectivity index (χ4n) is 3.13. The van der Waals surface area contributed by atoms with Crippen LogP contribution in [0.25, 0.3) is 0 Å². The minimum Gasteiger partial charge on any atom is -0.488 e. The van der Waals surface area contributed by atoms with E-state index in [1.807, 2.05) is 24.3 Å². The van der Waals surface area contributed by atoms with E-state index in [1.54, 1.807) is 12.1 Å². The predicted molar refractivity (Wildman–Crippen MR) is 97.3 cm³/mol. The molecule has 3 nitrogen and oxygen atoms in total. The maximum Gasteiger partial charge on any atom is 0.131 e. The van der Waals surface area contributed by atoms with Gasteiger partial charge in [0.2, 0.25) is 0 Å². The molecular formula is C20H23ClFNO2. The number of nitrogens with zero attached hydrogens (tertiary/aromatic N) is 1. The number of aliphatic hydroxyl groups is 1. The molecule has 1 heterocycles. The fourth-order valence-corrected chi connectivity index (χ4v) is 3.35. The van der Waals surface area contributed by atoms with Crippen LogP contribution in [0.3, 0.4) is 0 Å². The molecule has 134 valence electrons. The fraction of sp³-hybridized carbons (Fsp3) is 0.400. The summed E-state index contributed by atoms with van der Waals surface area (Å²) in [5.41, 5.74) is 1.43. The van der Waals surface area contributed by atoms with Crippen molar-refractivity contribution < 1.29 is 14.2 Å². The van der Waals surface area contributed by atoms with Crippen molar-refractivity contribution >= 4 is 11.6 Å². The first-order valence-corrected chi connectivity index (χ1v) is 9.05. The van der Waals surface area contributed by atoms with Crippen LogP contribution in [0.2, 0.25) is 5.02 Å². The van der Waals surface area contributed by atoms with Gasteiger partial charge >= 0.3 is 0 Å². The lowest BCUT2D eigenvalue weighted by atomic mass is 10.1. The molecule has 1 N–H and O–H groups in total. The Hall–Kier alpha value is -1.62. The Kier molecular flexibility index (Phi) is 6.29. The maximum absolute atomic E-state index is 13.9. The minimum atomic E-state index is -0.355. The van der Waals surface area contributed by atoms with Gasteiger partial charge in [0.15, 0.2) is 0 Å². The second kappa shape index (κ2) is 8.65. The highest BCUT2D eigenvalue weighted by Crippen LogP contribution is 2.25. The smallest absolute Gasteiger partial charge is 0.131 e. The summed E-state index contributed by atoms with van der Waals surface area (Å²) < 4.78 is 19.8. The van der Waals surface area contributed by atoms with E-state index < -0.39 is 0 Å². The first kappa shape index (κ1) is 18.2. The predicted octanol–water partition coefficient (Wildman–Crippen LogP) is 4.40. The molecule has 1 aliphatic rings. The number of ether oxygens (including phenoxy) is 1. The van der Waals surface area contributed by atoms with Crippen molar-refractivity contribution in [3.05, 3.63) is 64.4 Å². The lowest BCUT2D eigenvalue weighted by Gasteiger charge is -2.21. The van der Waals surface area contributed by atoms with E-state index in [0.29, 0.717) is 10.6 Å². The Labute approximate surface area is 153 Å². The third-order valence-electron chi connectivity index (χ3n) is 4.59. The van der Waals surface area contributed by atoms with Crippen LogP contribution in [-0.4, -0.2) is 29.2 Å². The molecule has 1 atom stereocenters. The molecule has 25 heavy (non-hydrogen) atoms. The number of rotatable bonds is 5. The summed E-state index contributed by atoms with van der Waals surface area (Å²) in [6.07, 6.45) is 2.46. The van der Waals surface area contributed by atoms with Crippen LogP contribution in [-0.2, 0) is 13.2 Å². The second-order valence-corrected chi connectivity index (χ2v) is 6.86. The molecule has 1 fully saturated rings. The Balaban J connectivity index is 1.68. The molecule has 5 heteroatoms. The molecule has 1 aliphatic heterocycles. The first-order valence-electron chi connectivity index (χ1n) is 8.67. The molecule has 0 radical (unpaired) electrons. The number of hydrogen-bond acceptors (Lipinski definition) is 3. The molecular weight excluding hydrogens is 341 g/mol. The van der Waals surface area contributed by atoms with Gasteiger partial charge in [0, 0.05) is 24.2 Å². The van der Waals surface area contributed by atoms with Crippen LogP contribution in [0.1, 0.15) is 30.4 Å². The van der Waals surface area contributed by atoms with E-state index in [4.69, 9.17) is 16.3 Å². The number of hydrogen-bond donors (Lipinski definition) is 1. The summed E-state index contributed by atoms with van der Waals surface area (Å²) in [4.78, 5) is 2.33. The largest absolute Gasteiger partial charge is 0.488 e. The lowest BCUT2D eigenvalue weighted by molar-refractivity contribution is 0.154. The van der Waals surface area contributed by atoms with Crippen molar-refractivity contribution in [2.24, 2.45) is 0 Å². The van der Waals surface area contributed by atoms with Crippen LogP contribution in [0.4, 0.5) is 4.39 Å². The van der Waals surface area contributed by atoms with Gasteiger partial charge < -0.3 is 9.84 Å². The van der Waals surface area contributed by atoms with Crippen molar-refractivity contribution in [1.29, 1.82) is 0 Å². The summed E-state index contributed by atoms with van der Waals surface area (Å²) in [5.74, 6) is 0.387. The number of aliphatic hydroxyl groups excluding tert-OH is 1. The van der Waals surface area contributed by atoms with Gasteiger partial charge in [-0.05, 0) is 44.0 Å². The van der Waals surface area contributed by atoms with Crippen LogP contribution in [0, 0.1) is 5.82 Å². The molecule has 3 rings (SSSR count). The zero-order valence-electron chi connectivity index (χ0n) is 14.1. The summed E-state index contributed by atoms with van der Waals surface area (Å²) in [6, 6.07) is 12.5. The van der Waals surface area contributed by atoms with E-state index in [0.717, 1.165) is 50.2 Å². The average molecular weight is 364 g/mol. The average Bonchev–Trinajstić information content (AvgIpc) is 2.80. The summed E-state index contributed by atoms with van der Waals surface area (Å²) >= 11 is 6.07. The van der Waals surface area contributed by atoms with Gasteiger partial charge in [0.1, 0.15) is 18.2 Å². The second-order valence-electron chi connectivity index (χ2n) is 6.46. The molecule has 2 aromatic carbocycles.